The molecule has 2 aliphatic rings. The third-order valence-corrected chi connectivity index (χ3v) is 2.55. The van der Waals surface area contributed by atoms with Gasteiger partial charge in [-0.05, 0) is 19.3 Å². The zero-order valence-electron chi connectivity index (χ0n) is 7.25. The minimum absolute atomic E-state index is 0.130. The number of hydrogen-bond donors (Lipinski definition) is 1. The van der Waals surface area contributed by atoms with E-state index in [4.69, 9.17) is 5.11 Å². The minimum Gasteiger partial charge on any atom is -0.395 e. The molecule has 1 heterocycles. The molecule has 0 bridgehead atoms. The second-order valence-electron chi connectivity index (χ2n) is 3.30. The fraction of sp³-hybridized carbons (Fsp3) is 0.556. The number of carbonyl (C=O) groups excluding carboxylic acids is 2. The SMILES string of the molecule is O=C1C2=C(CCC2)C(=O)N1CCO. The molecule has 0 aromatic rings. The molecule has 1 aliphatic heterocycles. The molecule has 0 unspecified atom stereocenters. The van der Waals surface area contributed by atoms with Crippen LogP contribution in [0.15, 0.2) is 11.1 Å². The summed E-state index contributed by atoms with van der Waals surface area (Å²) in [7, 11) is 0. The summed E-state index contributed by atoms with van der Waals surface area (Å²) < 4.78 is 0. The van der Waals surface area contributed by atoms with Crippen molar-refractivity contribution in [2.45, 2.75) is 19.3 Å². The summed E-state index contributed by atoms with van der Waals surface area (Å²) in [6, 6.07) is 0. The first-order valence-corrected chi connectivity index (χ1v) is 4.45. The van der Waals surface area contributed by atoms with Crippen LogP contribution in [0, 0.1) is 0 Å². The Morgan fingerprint density at radius 2 is 1.69 bits per heavy atom. The quantitative estimate of drug-likeness (QED) is 0.601. The lowest BCUT2D eigenvalue weighted by Gasteiger charge is -2.14. The Hall–Kier alpha value is -1.16. The van der Waals surface area contributed by atoms with Gasteiger partial charge in [-0.2, -0.15) is 0 Å². The molecule has 0 saturated heterocycles. The molecule has 4 nitrogen and oxygen atoms in total. The molecule has 2 amide bonds. The van der Waals surface area contributed by atoms with Crippen LogP contribution in [0.1, 0.15) is 19.3 Å². The lowest BCUT2D eigenvalue weighted by Crippen LogP contribution is -2.34. The van der Waals surface area contributed by atoms with Crippen molar-refractivity contribution in [1.82, 2.24) is 4.90 Å². The van der Waals surface area contributed by atoms with Crippen LogP contribution in [0.25, 0.3) is 0 Å². The number of nitrogens with zero attached hydrogens (tertiary/aromatic N) is 1. The molecular formula is C9H11NO3. The predicted octanol–water partition coefficient (Wildman–Crippen LogP) is -0.172. The lowest BCUT2D eigenvalue weighted by atomic mass is 10.2. The average Bonchev–Trinajstić information content (AvgIpc) is 2.66. The summed E-state index contributed by atoms with van der Waals surface area (Å²) in [4.78, 5) is 24.2. The van der Waals surface area contributed by atoms with E-state index in [1.54, 1.807) is 0 Å². The van der Waals surface area contributed by atoms with Gasteiger partial charge in [-0.15, -0.1) is 0 Å². The molecule has 0 aromatic carbocycles. The highest BCUT2D eigenvalue weighted by Crippen LogP contribution is 2.33. The van der Waals surface area contributed by atoms with E-state index in [1.807, 2.05) is 0 Å². The Morgan fingerprint density at radius 3 is 2.15 bits per heavy atom. The van der Waals surface area contributed by atoms with E-state index < -0.39 is 0 Å². The summed E-state index contributed by atoms with van der Waals surface area (Å²) in [5.41, 5.74) is 1.36. The van der Waals surface area contributed by atoms with Gasteiger partial charge in [0.15, 0.2) is 0 Å². The van der Waals surface area contributed by atoms with Crippen LogP contribution in [0.5, 0.6) is 0 Å². The van der Waals surface area contributed by atoms with Gasteiger partial charge in [0.25, 0.3) is 11.8 Å². The number of hydrogen-bond acceptors (Lipinski definition) is 3. The van der Waals surface area contributed by atoms with E-state index in [-0.39, 0.29) is 25.0 Å². The molecule has 0 aromatic heterocycles. The molecule has 1 N–H and O–H groups in total. The Kier molecular flexibility index (Phi) is 1.92. The Balaban J connectivity index is 2.24. The number of likely N-dealkylation sites (tertiary alicyclic amines) is 1. The van der Waals surface area contributed by atoms with E-state index in [1.165, 1.54) is 0 Å². The van der Waals surface area contributed by atoms with Gasteiger partial charge in [-0.1, -0.05) is 0 Å². The van der Waals surface area contributed by atoms with Crippen molar-refractivity contribution >= 4 is 11.8 Å². The lowest BCUT2D eigenvalue weighted by molar-refractivity contribution is -0.138. The maximum absolute atomic E-state index is 11.5. The number of aliphatic hydroxyl groups is 1. The van der Waals surface area contributed by atoms with Crippen molar-refractivity contribution in [1.29, 1.82) is 0 Å². The fourth-order valence-electron chi connectivity index (χ4n) is 1.94. The topological polar surface area (TPSA) is 57.6 Å². The highest BCUT2D eigenvalue weighted by molar-refractivity contribution is 6.19. The highest BCUT2D eigenvalue weighted by atomic mass is 16.3. The summed E-state index contributed by atoms with van der Waals surface area (Å²) in [5, 5.41) is 8.66. The number of rotatable bonds is 2. The van der Waals surface area contributed by atoms with Gasteiger partial charge in [0.05, 0.1) is 13.2 Å². The first-order chi connectivity index (χ1) is 6.25. The van der Waals surface area contributed by atoms with Crippen molar-refractivity contribution < 1.29 is 14.7 Å². The summed E-state index contributed by atoms with van der Waals surface area (Å²) in [5.74, 6) is -0.377. The van der Waals surface area contributed by atoms with Crippen molar-refractivity contribution in [3.63, 3.8) is 0 Å². The fourth-order valence-corrected chi connectivity index (χ4v) is 1.94. The molecule has 13 heavy (non-hydrogen) atoms. The van der Waals surface area contributed by atoms with E-state index in [0.29, 0.717) is 11.1 Å². The zero-order valence-corrected chi connectivity index (χ0v) is 7.25. The molecule has 2 rings (SSSR count). The van der Waals surface area contributed by atoms with Gasteiger partial charge in [-0.3, -0.25) is 14.5 Å². The third kappa shape index (κ3) is 1.09. The van der Waals surface area contributed by atoms with Crippen LogP contribution in [0.2, 0.25) is 0 Å². The molecular weight excluding hydrogens is 170 g/mol. The largest absolute Gasteiger partial charge is 0.395 e. The van der Waals surface area contributed by atoms with Crippen LogP contribution in [-0.2, 0) is 9.59 Å². The van der Waals surface area contributed by atoms with Gasteiger partial charge in [0, 0.05) is 11.1 Å². The van der Waals surface area contributed by atoms with Crippen LogP contribution >= 0.6 is 0 Å². The van der Waals surface area contributed by atoms with E-state index in [2.05, 4.69) is 0 Å². The average molecular weight is 181 g/mol. The molecule has 4 heteroatoms. The van der Waals surface area contributed by atoms with Crippen molar-refractivity contribution in [2.24, 2.45) is 0 Å². The Labute approximate surface area is 75.8 Å². The van der Waals surface area contributed by atoms with Gasteiger partial charge >= 0.3 is 0 Å². The highest BCUT2D eigenvalue weighted by Gasteiger charge is 2.39. The van der Waals surface area contributed by atoms with Gasteiger partial charge in [-0.25, -0.2) is 0 Å². The smallest absolute Gasteiger partial charge is 0.257 e. The van der Waals surface area contributed by atoms with E-state index >= 15 is 0 Å². The number of amides is 2. The second kappa shape index (κ2) is 2.96. The van der Waals surface area contributed by atoms with Crippen molar-refractivity contribution in [2.75, 3.05) is 13.2 Å². The van der Waals surface area contributed by atoms with E-state index in [0.717, 1.165) is 24.2 Å². The summed E-state index contributed by atoms with van der Waals surface area (Å²) in [6.45, 7) is -0.0251. The monoisotopic (exact) mass is 181 g/mol. The summed E-state index contributed by atoms with van der Waals surface area (Å²) in [6.07, 6.45) is 2.36. The number of carbonyl (C=O) groups is 2. The summed E-state index contributed by atoms with van der Waals surface area (Å²) >= 11 is 0. The maximum Gasteiger partial charge on any atom is 0.257 e. The molecule has 0 atom stereocenters. The molecule has 1 aliphatic carbocycles. The number of aliphatic hydroxyl groups excluding tert-OH is 1. The molecule has 0 radical (unpaired) electrons. The van der Waals surface area contributed by atoms with Crippen molar-refractivity contribution in [3.8, 4) is 0 Å². The molecule has 0 saturated carbocycles. The van der Waals surface area contributed by atoms with Crippen LogP contribution in [-0.4, -0.2) is 35.0 Å². The van der Waals surface area contributed by atoms with Crippen molar-refractivity contribution in [3.05, 3.63) is 11.1 Å². The van der Waals surface area contributed by atoms with Crippen LogP contribution in [0.4, 0.5) is 0 Å². The van der Waals surface area contributed by atoms with E-state index in [9.17, 15) is 9.59 Å². The maximum atomic E-state index is 11.5. The van der Waals surface area contributed by atoms with Gasteiger partial charge in [0.2, 0.25) is 0 Å². The molecule has 0 spiro atoms. The third-order valence-electron chi connectivity index (χ3n) is 2.55. The standard InChI is InChI=1S/C9H11NO3/c11-5-4-10-8(12)6-2-1-3-7(6)9(10)13/h11H,1-5H2. The Bertz CT molecular complexity index is 280. The van der Waals surface area contributed by atoms with Gasteiger partial charge < -0.3 is 5.11 Å². The van der Waals surface area contributed by atoms with Crippen LogP contribution in [0.3, 0.4) is 0 Å². The second-order valence-corrected chi connectivity index (χ2v) is 3.30. The van der Waals surface area contributed by atoms with Crippen LogP contribution < -0.4 is 0 Å². The first-order valence-electron chi connectivity index (χ1n) is 4.45. The number of imide groups is 1. The molecule has 0 fully saturated rings. The first kappa shape index (κ1) is 8.44. The normalized spacial score (nSPS) is 21.8. The predicted molar refractivity (Wildman–Crippen MR) is 44.7 cm³/mol. The number of β-amino-alcohol motifs (C(OH)–C–C–N with tert-alkyl or cyclic N) is 1. The minimum atomic E-state index is -0.188. The Morgan fingerprint density at radius 1 is 1.15 bits per heavy atom. The van der Waals surface area contributed by atoms with Gasteiger partial charge in [0.1, 0.15) is 0 Å². The zero-order chi connectivity index (χ0) is 9.42. The molecule has 70 valence electrons.